The van der Waals surface area contributed by atoms with Gasteiger partial charge in [0.15, 0.2) is 5.69 Å². The molecule has 0 unspecified atom stereocenters. The monoisotopic (exact) mass is 405 g/mol. The highest BCUT2D eigenvalue weighted by molar-refractivity contribution is 5.94. The van der Waals surface area contributed by atoms with Crippen LogP contribution < -0.4 is 5.69 Å². The second-order valence-corrected chi connectivity index (χ2v) is 7.28. The number of carbonyl (C=O) groups excluding carboxylic acids is 1. The van der Waals surface area contributed by atoms with Crippen LogP contribution in [0.1, 0.15) is 27.6 Å². The summed E-state index contributed by atoms with van der Waals surface area (Å²) in [5, 5.41) is 6.31. The lowest BCUT2D eigenvalue weighted by molar-refractivity contribution is 0.0777. The van der Waals surface area contributed by atoms with Crippen LogP contribution in [0.5, 0.6) is 0 Å². The van der Waals surface area contributed by atoms with Crippen LogP contribution in [-0.2, 0) is 19.6 Å². The lowest BCUT2D eigenvalue weighted by Gasteiger charge is -2.19. The first kappa shape index (κ1) is 19.6. The molecular weight excluding hydrogens is 382 g/mol. The van der Waals surface area contributed by atoms with Crippen molar-refractivity contribution in [2.45, 2.75) is 19.6 Å². The van der Waals surface area contributed by atoms with Gasteiger partial charge in [0.25, 0.3) is 5.91 Å². The zero-order valence-electron chi connectivity index (χ0n) is 16.9. The molecule has 0 atom stereocenters. The van der Waals surface area contributed by atoms with Crippen molar-refractivity contribution < 1.29 is 4.79 Å². The van der Waals surface area contributed by atoms with E-state index in [4.69, 9.17) is 0 Å². The molecule has 154 valence electrons. The number of nitrogens with one attached hydrogen (secondary N) is 2. The molecule has 0 spiro atoms. The Bertz CT molecular complexity index is 1210. The Kier molecular flexibility index (Phi) is 5.44. The number of nitrogens with zero attached hydrogens (tertiary/aromatic N) is 5. The van der Waals surface area contributed by atoms with E-state index in [9.17, 15) is 9.59 Å². The summed E-state index contributed by atoms with van der Waals surface area (Å²) < 4.78 is 1.92. The van der Waals surface area contributed by atoms with Crippen molar-refractivity contribution in [1.82, 2.24) is 34.4 Å². The summed E-state index contributed by atoms with van der Waals surface area (Å²) in [7, 11) is 3.68. The second-order valence-electron chi connectivity index (χ2n) is 7.28. The standard InChI is InChI=1S/C21H23N7O2/c1-26(14-17-22-21(30)25-24-17)13-16-19(23-18-10-6-7-11-28(16)18)20(29)27(2)12-15-8-4-3-5-9-15/h3-11H,12-14H2,1-2H3,(H2,22,24,25,30). The van der Waals surface area contributed by atoms with E-state index >= 15 is 0 Å². The van der Waals surface area contributed by atoms with Crippen LogP contribution in [0.3, 0.4) is 0 Å². The van der Waals surface area contributed by atoms with Gasteiger partial charge in [-0.1, -0.05) is 36.4 Å². The number of aromatic amines is 2. The first-order chi connectivity index (χ1) is 14.5. The maximum absolute atomic E-state index is 13.2. The second kappa shape index (κ2) is 8.34. The van der Waals surface area contributed by atoms with E-state index < -0.39 is 0 Å². The highest BCUT2D eigenvalue weighted by atomic mass is 16.2. The Morgan fingerprint density at radius 1 is 1.03 bits per heavy atom. The molecule has 3 heterocycles. The Balaban J connectivity index is 1.60. The number of hydrogen-bond donors (Lipinski definition) is 2. The van der Waals surface area contributed by atoms with Crippen LogP contribution in [0.15, 0.2) is 59.5 Å². The minimum Gasteiger partial charge on any atom is -0.336 e. The summed E-state index contributed by atoms with van der Waals surface area (Å²) in [6.45, 7) is 1.38. The summed E-state index contributed by atoms with van der Waals surface area (Å²) in [5.41, 5.74) is 2.63. The van der Waals surface area contributed by atoms with Gasteiger partial charge in [0, 0.05) is 26.3 Å². The molecule has 0 bridgehead atoms. The van der Waals surface area contributed by atoms with Gasteiger partial charge in [0.05, 0.1) is 12.2 Å². The summed E-state index contributed by atoms with van der Waals surface area (Å²) in [6, 6.07) is 15.5. The van der Waals surface area contributed by atoms with E-state index in [1.54, 1.807) is 11.9 Å². The maximum Gasteiger partial charge on any atom is 0.340 e. The number of hydrogen-bond acceptors (Lipinski definition) is 5. The molecule has 1 aromatic carbocycles. The molecule has 0 saturated carbocycles. The molecule has 4 rings (SSSR count). The number of H-pyrrole nitrogens is 2. The summed E-state index contributed by atoms with van der Waals surface area (Å²) >= 11 is 0. The smallest absolute Gasteiger partial charge is 0.336 e. The average Bonchev–Trinajstić information content (AvgIpc) is 3.31. The van der Waals surface area contributed by atoms with Crippen LogP contribution in [0, 0.1) is 0 Å². The van der Waals surface area contributed by atoms with Gasteiger partial charge < -0.3 is 9.30 Å². The lowest BCUT2D eigenvalue weighted by atomic mass is 10.2. The number of pyridine rings is 1. The number of amides is 1. The molecule has 4 aromatic rings. The van der Waals surface area contributed by atoms with Gasteiger partial charge in [-0.25, -0.2) is 14.9 Å². The molecule has 0 aliphatic carbocycles. The van der Waals surface area contributed by atoms with Crippen molar-refractivity contribution >= 4 is 11.6 Å². The Labute approximate surface area is 173 Å². The molecule has 0 aliphatic rings. The predicted molar refractivity (Wildman–Crippen MR) is 112 cm³/mol. The molecule has 0 saturated heterocycles. The van der Waals surface area contributed by atoms with Gasteiger partial charge >= 0.3 is 5.69 Å². The first-order valence-corrected chi connectivity index (χ1v) is 9.58. The van der Waals surface area contributed by atoms with Gasteiger partial charge in [0.1, 0.15) is 11.5 Å². The largest absolute Gasteiger partial charge is 0.340 e. The maximum atomic E-state index is 13.2. The van der Waals surface area contributed by atoms with Crippen molar-refractivity contribution in [2.75, 3.05) is 14.1 Å². The Hall–Kier alpha value is -3.72. The third-order valence-electron chi connectivity index (χ3n) is 4.83. The molecule has 9 nitrogen and oxygen atoms in total. The first-order valence-electron chi connectivity index (χ1n) is 9.58. The van der Waals surface area contributed by atoms with Gasteiger partial charge in [-0.15, -0.1) is 0 Å². The third-order valence-corrected chi connectivity index (χ3v) is 4.83. The van der Waals surface area contributed by atoms with Gasteiger partial charge in [-0.2, -0.15) is 5.10 Å². The van der Waals surface area contributed by atoms with E-state index in [2.05, 4.69) is 20.2 Å². The van der Waals surface area contributed by atoms with E-state index in [0.717, 1.165) is 11.3 Å². The van der Waals surface area contributed by atoms with Crippen LogP contribution in [0.25, 0.3) is 5.65 Å². The number of imidazole rings is 1. The normalized spacial score (nSPS) is 11.3. The van der Waals surface area contributed by atoms with Crippen LogP contribution in [0.4, 0.5) is 0 Å². The minimum atomic E-state index is -0.341. The van der Waals surface area contributed by atoms with Crippen molar-refractivity contribution in [2.24, 2.45) is 0 Å². The zero-order chi connectivity index (χ0) is 21.1. The fraction of sp³-hybridized carbons (Fsp3) is 0.238. The number of benzene rings is 1. The van der Waals surface area contributed by atoms with Gasteiger partial charge in [-0.05, 0) is 24.7 Å². The van der Waals surface area contributed by atoms with Gasteiger partial charge in [-0.3, -0.25) is 14.7 Å². The predicted octanol–water partition coefficient (Wildman–Crippen LogP) is 1.65. The molecule has 0 fully saturated rings. The number of aromatic nitrogens is 5. The Morgan fingerprint density at radius 3 is 2.53 bits per heavy atom. The van der Waals surface area contributed by atoms with Crippen molar-refractivity contribution in [3.63, 3.8) is 0 Å². The van der Waals surface area contributed by atoms with E-state index in [1.807, 2.05) is 71.1 Å². The highest BCUT2D eigenvalue weighted by Crippen LogP contribution is 2.18. The van der Waals surface area contributed by atoms with Crippen LogP contribution in [0.2, 0.25) is 0 Å². The summed E-state index contributed by atoms with van der Waals surface area (Å²) in [4.78, 5) is 35.4. The third kappa shape index (κ3) is 4.15. The molecular formula is C21H23N7O2. The fourth-order valence-electron chi connectivity index (χ4n) is 3.43. The minimum absolute atomic E-state index is 0.140. The van der Waals surface area contributed by atoms with E-state index in [-0.39, 0.29) is 11.6 Å². The SMILES string of the molecule is CN(Cc1n[nH]c(=O)[nH]1)Cc1c(C(=O)N(C)Cc2ccccc2)nc2ccccn12. The van der Waals surface area contributed by atoms with Crippen molar-refractivity contribution in [1.29, 1.82) is 0 Å². The molecule has 9 heteroatoms. The van der Waals surface area contributed by atoms with Gasteiger partial charge in [0.2, 0.25) is 0 Å². The highest BCUT2D eigenvalue weighted by Gasteiger charge is 2.23. The zero-order valence-corrected chi connectivity index (χ0v) is 16.9. The topological polar surface area (TPSA) is 102 Å². The molecule has 0 radical (unpaired) electrons. The van der Waals surface area contributed by atoms with Crippen LogP contribution in [-0.4, -0.2) is 54.4 Å². The van der Waals surface area contributed by atoms with Crippen molar-refractivity contribution in [3.8, 4) is 0 Å². The molecule has 2 N–H and O–H groups in total. The Morgan fingerprint density at radius 2 is 1.80 bits per heavy atom. The summed E-state index contributed by atoms with van der Waals surface area (Å²) in [5.74, 6) is 0.393. The lowest BCUT2D eigenvalue weighted by Crippen LogP contribution is -2.29. The number of carbonyl (C=O) groups is 1. The van der Waals surface area contributed by atoms with Crippen molar-refractivity contribution in [3.05, 3.63) is 88.0 Å². The quantitative estimate of drug-likeness (QED) is 0.487. The molecule has 30 heavy (non-hydrogen) atoms. The molecule has 3 aromatic heterocycles. The number of rotatable bonds is 7. The number of fused-ring (bicyclic) bond motifs is 1. The summed E-state index contributed by atoms with van der Waals surface area (Å²) in [6.07, 6.45) is 1.90. The van der Waals surface area contributed by atoms with Crippen LogP contribution >= 0.6 is 0 Å². The molecule has 1 amide bonds. The fourth-order valence-corrected chi connectivity index (χ4v) is 3.43. The molecule has 0 aliphatic heterocycles. The average molecular weight is 405 g/mol. The van der Waals surface area contributed by atoms with E-state index in [0.29, 0.717) is 36.8 Å². The van der Waals surface area contributed by atoms with E-state index in [1.165, 1.54) is 0 Å².